The Morgan fingerprint density at radius 2 is 2.11 bits per heavy atom. The molecule has 0 bridgehead atoms. The van der Waals surface area contributed by atoms with Gasteiger partial charge in [0.2, 0.25) is 11.8 Å². The van der Waals surface area contributed by atoms with Gasteiger partial charge in [0.05, 0.1) is 6.54 Å². The molecule has 0 unspecified atom stereocenters. The van der Waals surface area contributed by atoms with Crippen LogP contribution < -0.4 is 5.32 Å². The van der Waals surface area contributed by atoms with Gasteiger partial charge in [-0.05, 0) is 18.6 Å². The van der Waals surface area contributed by atoms with Crippen molar-refractivity contribution in [3.8, 4) is 0 Å². The summed E-state index contributed by atoms with van der Waals surface area (Å²) in [5.74, 6) is -2.47. The van der Waals surface area contributed by atoms with Crippen LogP contribution in [0.3, 0.4) is 0 Å². The number of anilines is 1. The molecule has 0 atom stereocenters. The quantitative estimate of drug-likeness (QED) is 0.889. The molecule has 1 saturated heterocycles. The molecule has 0 aliphatic carbocycles. The number of benzene rings is 1. The van der Waals surface area contributed by atoms with E-state index in [1.807, 2.05) is 0 Å². The smallest absolute Gasteiger partial charge is 0.243 e. The molecule has 6 heteroatoms. The van der Waals surface area contributed by atoms with Gasteiger partial charge in [0.1, 0.15) is 0 Å². The first-order chi connectivity index (χ1) is 8.56. The summed E-state index contributed by atoms with van der Waals surface area (Å²) in [4.78, 5) is 24.3. The second-order valence-electron chi connectivity index (χ2n) is 4.10. The third-order valence-electron chi connectivity index (χ3n) is 2.71. The lowest BCUT2D eigenvalue weighted by Gasteiger charge is -2.14. The number of nitrogens with one attached hydrogen (secondary N) is 1. The molecule has 18 heavy (non-hydrogen) atoms. The van der Waals surface area contributed by atoms with Crippen molar-refractivity contribution >= 4 is 17.5 Å². The molecule has 2 rings (SSSR count). The minimum atomic E-state index is -1.02. The summed E-state index contributed by atoms with van der Waals surface area (Å²) in [7, 11) is 0. The van der Waals surface area contributed by atoms with Crippen molar-refractivity contribution in [2.24, 2.45) is 0 Å². The van der Waals surface area contributed by atoms with E-state index in [9.17, 15) is 18.4 Å². The lowest BCUT2D eigenvalue weighted by Crippen LogP contribution is -2.33. The molecule has 1 fully saturated rings. The summed E-state index contributed by atoms with van der Waals surface area (Å²) in [6, 6.07) is 3.10. The molecule has 96 valence electrons. The van der Waals surface area contributed by atoms with Crippen molar-refractivity contribution in [3.05, 3.63) is 29.8 Å². The zero-order chi connectivity index (χ0) is 13.1. The van der Waals surface area contributed by atoms with E-state index in [-0.39, 0.29) is 18.1 Å². The van der Waals surface area contributed by atoms with E-state index in [1.54, 1.807) is 0 Å². The summed E-state index contributed by atoms with van der Waals surface area (Å²) in [5.41, 5.74) is 0.172. The summed E-state index contributed by atoms with van der Waals surface area (Å²) in [6.07, 6.45) is 1.20. The van der Waals surface area contributed by atoms with Crippen LogP contribution in [0.5, 0.6) is 0 Å². The van der Waals surface area contributed by atoms with E-state index in [0.29, 0.717) is 13.0 Å². The van der Waals surface area contributed by atoms with Crippen molar-refractivity contribution in [2.45, 2.75) is 12.8 Å². The molecule has 1 aromatic rings. The molecule has 1 N–H and O–H groups in total. The van der Waals surface area contributed by atoms with E-state index in [2.05, 4.69) is 5.32 Å². The maximum atomic E-state index is 12.9. The maximum absolute atomic E-state index is 12.9. The highest BCUT2D eigenvalue weighted by Crippen LogP contribution is 2.14. The lowest BCUT2D eigenvalue weighted by molar-refractivity contribution is -0.131. The zero-order valence-electron chi connectivity index (χ0n) is 9.58. The number of hydrogen-bond donors (Lipinski definition) is 1. The molecule has 1 aliphatic rings. The largest absolute Gasteiger partial charge is 0.333 e. The van der Waals surface area contributed by atoms with Crippen molar-refractivity contribution in [3.63, 3.8) is 0 Å². The zero-order valence-corrected chi connectivity index (χ0v) is 9.58. The second-order valence-corrected chi connectivity index (χ2v) is 4.10. The summed E-state index contributed by atoms with van der Waals surface area (Å²) >= 11 is 0. The maximum Gasteiger partial charge on any atom is 0.243 e. The standard InChI is InChI=1S/C12H12F2N2O2/c13-9-4-3-8(6-10(9)14)15-11(17)7-16-5-1-2-12(16)18/h3-4,6H,1-2,5,7H2,(H,15,17). The average Bonchev–Trinajstić information content (AvgIpc) is 2.70. The van der Waals surface area contributed by atoms with E-state index >= 15 is 0 Å². The second kappa shape index (κ2) is 5.12. The molecule has 0 aromatic heterocycles. The van der Waals surface area contributed by atoms with Gasteiger partial charge in [0.25, 0.3) is 0 Å². The van der Waals surface area contributed by atoms with Crippen molar-refractivity contribution < 1.29 is 18.4 Å². The number of likely N-dealkylation sites (tertiary alicyclic amines) is 1. The van der Waals surface area contributed by atoms with Gasteiger partial charge in [0.15, 0.2) is 11.6 Å². The van der Waals surface area contributed by atoms with Crippen LogP contribution in [0.15, 0.2) is 18.2 Å². The van der Waals surface area contributed by atoms with Crippen molar-refractivity contribution in [1.29, 1.82) is 0 Å². The van der Waals surface area contributed by atoms with Crippen molar-refractivity contribution in [2.75, 3.05) is 18.4 Å². The first kappa shape index (κ1) is 12.5. The van der Waals surface area contributed by atoms with E-state index in [4.69, 9.17) is 0 Å². The first-order valence-electron chi connectivity index (χ1n) is 5.59. The van der Waals surface area contributed by atoms with Crippen LogP contribution in [0.4, 0.5) is 14.5 Å². The highest BCUT2D eigenvalue weighted by molar-refractivity contribution is 5.94. The van der Waals surface area contributed by atoms with Crippen LogP contribution in [0.2, 0.25) is 0 Å². The number of carbonyl (C=O) groups is 2. The van der Waals surface area contributed by atoms with Gasteiger partial charge < -0.3 is 10.2 Å². The number of amides is 2. The van der Waals surface area contributed by atoms with Gasteiger partial charge in [-0.25, -0.2) is 8.78 Å². The Balaban J connectivity index is 1.94. The van der Waals surface area contributed by atoms with Crippen LogP contribution in [0, 0.1) is 11.6 Å². The van der Waals surface area contributed by atoms with Crippen LogP contribution in [-0.2, 0) is 9.59 Å². The van der Waals surface area contributed by atoms with Gasteiger partial charge in [-0.1, -0.05) is 0 Å². The Hall–Kier alpha value is -1.98. The van der Waals surface area contributed by atoms with E-state index in [0.717, 1.165) is 18.6 Å². The minimum Gasteiger partial charge on any atom is -0.333 e. The molecule has 1 aromatic carbocycles. The Bertz CT molecular complexity index is 491. The lowest BCUT2D eigenvalue weighted by atomic mass is 10.3. The molecule has 1 heterocycles. The van der Waals surface area contributed by atoms with Crippen LogP contribution >= 0.6 is 0 Å². The van der Waals surface area contributed by atoms with Gasteiger partial charge in [-0.3, -0.25) is 9.59 Å². The highest BCUT2D eigenvalue weighted by atomic mass is 19.2. The first-order valence-corrected chi connectivity index (χ1v) is 5.59. The molecule has 0 radical (unpaired) electrons. The SMILES string of the molecule is O=C(CN1CCCC1=O)Nc1ccc(F)c(F)c1. The number of nitrogens with zero attached hydrogens (tertiary/aromatic N) is 1. The predicted octanol–water partition coefficient (Wildman–Crippen LogP) is 1.53. The van der Waals surface area contributed by atoms with Crippen molar-refractivity contribution in [1.82, 2.24) is 4.90 Å². The fourth-order valence-corrected chi connectivity index (χ4v) is 1.82. The van der Waals surface area contributed by atoms with Crippen LogP contribution in [0.25, 0.3) is 0 Å². The number of rotatable bonds is 3. The topological polar surface area (TPSA) is 49.4 Å². The summed E-state index contributed by atoms with van der Waals surface area (Å²) < 4.78 is 25.6. The summed E-state index contributed by atoms with van der Waals surface area (Å²) in [6.45, 7) is 0.502. The number of carbonyl (C=O) groups excluding carboxylic acids is 2. The van der Waals surface area contributed by atoms with E-state index in [1.165, 1.54) is 11.0 Å². The third-order valence-corrected chi connectivity index (χ3v) is 2.71. The Morgan fingerprint density at radius 1 is 1.33 bits per heavy atom. The molecular weight excluding hydrogens is 242 g/mol. The Morgan fingerprint density at radius 3 is 2.72 bits per heavy atom. The van der Waals surface area contributed by atoms with Gasteiger partial charge in [-0.15, -0.1) is 0 Å². The van der Waals surface area contributed by atoms with E-state index < -0.39 is 17.5 Å². The van der Waals surface area contributed by atoms with Gasteiger partial charge in [-0.2, -0.15) is 0 Å². The molecule has 4 nitrogen and oxygen atoms in total. The monoisotopic (exact) mass is 254 g/mol. The molecule has 0 saturated carbocycles. The third kappa shape index (κ3) is 2.82. The average molecular weight is 254 g/mol. The predicted molar refractivity (Wildman–Crippen MR) is 60.8 cm³/mol. The fraction of sp³-hybridized carbons (Fsp3) is 0.333. The number of hydrogen-bond acceptors (Lipinski definition) is 2. The Labute approximate surface area is 103 Å². The Kier molecular flexibility index (Phi) is 3.55. The highest BCUT2D eigenvalue weighted by Gasteiger charge is 2.22. The fourth-order valence-electron chi connectivity index (χ4n) is 1.82. The van der Waals surface area contributed by atoms with Crippen LogP contribution in [-0.4, -0.2) is 29.8 Å². The molecule has 1 aliphatic heterocycles. The molecule has 0 spiro atoms. The minimum absolute atomic E-state index is 0.0577. The normalized spacial score (nSPS) is 15.0. The van der Waals surface area contributed by atoms with Gasteiger partial charge >= 0.3 is 0 Å². The summed E-state index contributed by atoms with van der Waals surface area (Å²) in [5, 5.41) is 2.42. The molecule has 2 amide bonds. The number of halogens is 2. The molecular formula is C12H12F2N2O2. The van der Waals surface area contributed by atoms with Gasteiger partial charge in [0, 0.05) is 24.7 Å². The van der Waals surface area contributed by atoms with Crippen LogP contribution in [0.1, 0.15) is 12.8 Å².